The summed E-state index contributed by atoms with van der Waals surface area (Å²) in [6, 6.07) is 1.13. The Labute approximate surface area is 131 Å². The highest BCUT2D eigenvalue weighted by Gasteiger charge is 2.62. The highest BCUT2D eigenvalue weighted by molar-refractivity contribution is 6.69. The molecule has 0 spiro atoms. The normalized spacial score (nSPS) is 48.4. The van der Waals surface area contributed by atoms with E-state index in [-0.39, 0.29) is 0 Å². The first kappa shape index (κ1) is 14.7. The fourth-order valence-electron chi connectivity index (χ4n) is 7.25. The van der Waals surface area contributed by atoms with E-state index >= 15 is 0 Å². The van der Waals surface area contributed by atoms with Crippen molar-refractivity contribution in [3.8, 4) is 0 Å². The van der Waals surface area contributed by atoms with E-state index in [2.05, 4.69) is 6.92 Å². The lowest BCUT2D eigenvalue weighted by atomic mass is 9.72. The van der Waals surface area contributed by atoms with Gasteiger partial charge in [0.05, 0.1) is 0 Å². The van der Waals surface area contributed by atoms with Crippen LogP contribution in [0, 0.1) is 35.5 Å². The molecular formula is C18H32O2Si. The van der Waals surface area contributed by atoms with Gasteiger partial charge in [0.15, 0.2) is 0 Å². The summed E-state index contributed by atoms with van der Waals surface area (Å²) < 4.78 is 12.3. The van der Waals surface area contributed by atoms with Gasteiger partial charge in [0.2, 0.25) is 0 Å². The Morgan fingerprint density at radius 1 is 0.857 bits per heavy atom. The molecule has 0 saturated heterocycles. The maximum Gasteiger partial charge on any atom is 0.341 e. The molecule has 4 aliphatic rings. The molecule has 0 heterocycles. The Morgan fingerprint density at radius 3 is 2.14 bits per heavy atom. The van der Waals surface area contributed by atoms with E-state index in [1.165, 1.54) is 38.5 Å². The predicted octanol–water partition coefficient (Wildman–Crippen LogP) is 4.59. The third-order valence-corrected chi connectivity index (χ3v) is 12.2. The van der Waals surface area contributed by atoms with Crippen LogP contribution >= 0.6 is 0 Å². The van der Waals surface area contributed by atoms with Crippen molar-refractivity contribution < 1.29 is 8.85 Å². The molecule has 4 aliphatic carbocycles. The minimum atomic E-state index is -2.00. The van der Waals surface area contributed by atoms with Crippen molar-refractivity contribution in [2.75, 3.05) is 14.2 Å². The average molecular weight is 309 g/mol. The van der Waals surface area contributed by atoms with Gasteiger partial charge in [-0.2, -0.15) is 0 Å². The van der Waals surface area contributed by atoms with Crippen molar-refractivity contribution in [3.05, 3.63) is 0 Å². The van der Waals surface area contributed by atoms with Crippen LogP contribution in [0.5, 0.6) is 0 Å². The number of hydrogen-bond acceptors (Lipinski definition) is 2. The van der Waals surface area contributed by atoms with Crippen LogP contribution in [0.15, 0.2) is 0 Å². The van der Waals surface area contributed by atoms with Crippen LogP contribution in [0.4, 0.5) is 0 Å². The van der Waals surface area contributed by atoms with Gasteiger partial charge in [-0.05, 0) is 80.1 Å². The number of fused-ring (bicyclic) bond motifs is 4. The Morgan fingerprint density at radius 2 is 1.57 bits per heavy atom. The third kappa shape index (κ3) is 2.03. The number of rotatable bonds is 5. The molecule has 4 saturated carbocycles. The monoisotopic (exact) mass is 308 g/mol. The SMILES string of the molecule is CC[Si](OC)(OC)C1C2CCC(C2)C1C1CC2CCC1C2. The highest BCUT2D eigenvalue weighted by Crippen LogP contribution is 2.66. The van der Waals surface area contributed by atoms with E-state index in [0.717, 1.165) is 47.1 Å². The summed E-state index contributed by atoms with van der Waals surface area (Å²) in [6.45, 7) is 2.31. The van der Waals surface area contributed by atoms with Crippen molar-refractivity contribution in [1.82, 2.24) is 0 Å². The van der Waals surface area contributed by atoms with Crippen LogP contribution in [0.25, 0.3) is 0 Å². The predicted molar refractivity (Wildman–Crippen MR) is 87.3 cm³/mol. The zero-order valence-corrected chi connectivity index (χ0v) is 15.0. The second kappa shape index (κ2) is 5.35. The lowest BCUT2D eigenvalue weighted by Crippen LogP contribution is -2.51. The Bertz CT molecular complexity index is 386. The third-order valence-electron chi connectivity index (χ3n) is 7.96. The van der Waals surface area contributed by atoms with Crippen LogP contribution in [0.3, 0.4) is 0 Å². The maximum atomic E-state index is 6.16. The van der Waals surface area contributed by atoms with E-state index in [0.29, 0.717) is 0 Å². The lowest BCUT2D eigenvalue weighted by Gasteiger charge is -2.45. The zero-order valence-electron chi connectivity index (χ0n) is 14.0. The van der Waals surface area contributed by atoms with Crippen LogP contribution in [-0.2, 0) is 8.85 Å². The summed E-state index contributed by atoms with van der Waals surface area (Å²) in [4.78, 5) is 0. The average Bonchev–Trinajstić information content (AvgIpc) is 3.29. The smallest absolute Gasteiger partial charge is 0.341 e. The summed E-state index contributed by atoms with van der Waals surface area (Å²) in [5, 5.41) is 0. The van der Waals surface area contributed by atoms with Crippen LogP contribution in [0.1, 0.15) is 51.9 Å². The first-order valence-corrected chi connectivity index (χ1v) is 11.4. The molecule has 21 heavy (non-hydrogen) atoms. The Balaban J connectivity index is 1.64. The molecule has 7 atom stereocenters. The first-order chi connectivity index (χ1) is 10.2. The molecule has 7 unspecified atom stereocenters. The molecule has 0 aromatic heterocycles. The van der Waals surface area contributed by atoms with Crippen molar-refractivity contribution in [2.45, 2.75) is 63.5 Å². The zero-order chi connectivity index (χ0) is 14.6. The molecule has 120 valence electrons. The summed E-state index contributed by atoms with van der Waals surface area (Å²) in [7, 11) is 1.87. The molecule has 3 heteroatoms. The fraction of sp³-hybridized carbons (Fsp3) is 1.00. The van der Waals surface area contributed by atoms with Gasteiger partial charge in [-0.3, -0.25) is 0 Å². The Hall–Kier alpha value is 0.137. The van der Waals surface area contributed by atoms with Crippen molar-refractivity contribution in [3.63, 3.8) is 0 Å². The summed E-state index contributed by atoms with van der Waals surface area (Å²) in [5.41, 5.74) is 0.792. The minimum absolute atomic E-state index is 0.792. The highest BCUT2D eigenvalue weighted by atomic mass is 28.4. The largest absolute Gasteiger partial charge is 0.397 e. The van der Waals surface area contributed by atoms with E-state index in [1.807, 2.05) is 14.2 Å². The van der Waals surface area contributed by atoms with Gasteiger partial charge in [0, 0.05) is 19.8 Å². The van der Waals surface area contributed by atoms with Crippen LogP contribution < -0.4 is 0 Å². The molecule has 0 N–H and O–H groups in total. The topological polar surface area (TPSA) is 18.5 Å². The van der Waals surface area contributed by atoms with Crippen molar-refractivity contribution in [2.24, 2.45) is 35.5 Å². The lowest BCUT2D eigenvalue weighted by molar-refractivity contribution is 0.127. The van der Waals surface area contributed by atoms with E-state index in [9.17, 15) is 0 Å². The standard InChI is InChI=1S/C18H32O2Si/c1-4-21(19-2,20-3)18-15-8-7-14(11-15)17(18)16-10-12-5-6-13(16)9-12/h12-18H,4-11H2,1-3H3. The van der Waals surface area contributed by atoms with Crippen LogP contribution in [0.2, 0.25) is 11.6 Å². The molecule has 0 radical (unpaired) electrons. The van der Waals surface area contributed by atoms with Gasteiger partial charge in [0.1, 0.15) is 0 Å². The first-order valence-electron chi connectivity index (χ1n) is 9.32. The fourth-order valence-corrected chi connectivity index (χ4v) is 11.1. The van der Waals surface area contributed by atoms with E-state index in [4.69, 9.17) is 8.85 Å². The molecule has 0 aliphatic heterocycles. The van der Waals surface area contributed by atoms with E-state index in [1.54, 1.807) is 6.42 Å². The molecule has 4 fully saturated rings. The second-order valence-corrected chi connectivity index (χ2v) is 12.2. The van der Waals surface area contributed by atoms with E-state index < -0.39 is 8.56 Å². The molecule has 0 amide bonds. The van der Waals surface area contributed by atoms with Gasteiger partial charge < -0.3 is 8.85 Å². The summed E-state index contributed by atoms with van der Waals surface area (Å²) in [5.74, 6) is 6.03. The summed E-state index contributed by atoms with van der Waals surface area (Å²) in [6.07, 6.45) is 10.6. The molecule has 4 bridgehead atoms. The molecular weight excluding hydrogens is 276 g/mol. The van der Waals surface area contributed by atoms with Crippen LogP contribution in [-0.4, -0.2) is 22.8 Å². The second-order valence-electron chi connectivity index (χ2n) is 8.35. The maximum absolute atomic E-state index is 6.16. The molecule has 4 rings (SSSR count). The van der Waals surface area contributed by atoms with Crippen molar-refractivity contribution >= 4 is 8.56 Å². The molecule has 0 aromatic carbocycles. The van der Waals surface area contributed by atoms with Gasteiger partial charge in [-0.25, -0.2) is 0 Å². The van der Waals surface area contributed by atoms with Gasteiger partial charge >= 0.3 is 8.56 Å². The quantitative estimate of drug-likeness (QED) is 0.691. The Kier molecular flexibility index (Phi) is 3.75. The summed E-state index contributed by atoms with van der Waals surface area (Å²) >= 11 is 0. The van der Waals surface area contributed by atoms with Gasteiger partial charge in [-0.1, -0.05) is 13.3 Å². The van der Waals surface area contributed by atoms with Gasteiger partial charge in [0.25, 0.3) is 0 Å². The molecule has 2 nitrogen and oxygen atoms in total. The molecule has 0 aromatic rings. The van der Waals surface area contributed by atoms with Crippen molar-refractivity contribution in [1.29, 1.82) is 0 Å². The number of hydrogen-bond donors (Lipinski definition) is 0. The minimum Gasteiger partial charge on any atom is -0.397 e. The van der Waals surface area contributed by atoms with Gasteiger partial charge in [-0.15, -0.1) is 0 Å².